The van der Waals surface area contributed by atoms with E-state index in [1.54, 1.807) is 0 Å². The third kappa shape index (κ3) is 65.9. The van der Waals surface area contributed by atoms with E-state index < -0.39 is 7.12 Å². The van der Waals surface area contributed by atoms with Gasteiger partial charge in [0, 0.05) is 0 Å². The van der Waals surface area contributed by atoms with Gasteiger partial charge in [0.05, 0.1) is 0 Å². The third-order valence-corrected chi connectivity index (χ3v) is 1.37. The van der Waals surface area contributed by atoms with E-state index in [1.807, 2.05) is 6.92 Å². The third-order valence-electron chi connectivity index (χ3n) is 1.37. The fourth-order valence-corrected chi connectivity index (χ4v) is 0.591. The van der Waals surface area contributed by atoms with Crippen molar-refractivity contribution in [3.05, 3.63) is 0 Å². The average Bonchev–Trinajstić information content (AvgIpc) is 2.33. The summed E-state index contributed by atoms with van der Waals surface area (Å²) in [6.45, 7) is 4.15. The van der Waals surface area contributed by atoms with Crippen LogP contribution in [0.25, 0.3) is 0 Å². The van der Waals surface area contributed by atoms with Gasteiger partial charge in [-0.3, -0.25) is 0 Å². The van der Waals surface area contributed by atoms with Crippen molar-refractivity contribution in [2.75, 3.05) is 14.2 Å². The van der Waals surface area contributed by atoms with Gasteiger partial charge in [0.15, 0.2) is 0 Å². The first kappa shape index (κ1) is 25.0. The van der Waals surface area contributed by atoms with Gasteiger partial charge in [-0.15, -0.1) is 0 Å². The van der Waals surface area contributed by atoms with E-state index in [1.165, 1.54) is 12.8 Å². The average molecular weight is 232 g/mol. The van der Waals surface area contributed by atoms with E-state index in [9.17, 15) is 0 Å². The standard InChI is InChI=1S/C4H11BO2.C4H9B.2CH3O/c1-2-3-4-5(6)7;1-2-3-4-5;2*1-2/h6-7H,2-4H2,1H3;2-4H2,1H3;2*1H3/q;+2;2*-1. The molecule has 2 N–H and O–H groups in total. The second kappa shape index (κ2) is 36.3. The molecule has 0 aromatic heterocycles. The van der Waals surface area contributed by atoms with Gasteiger partial charge in [0.25, 0.3) is 0 Å². The van der Waals surface area contributed by atoms with E-state index in [0.29, 0.717) is 6.32 Å². The van der Waals surface area contributed by atoms with Gasteiger partial charge in [-0.05, 0) is 6.32 Å². The van der Waals surface area contributed by atoms with Crippen LogP contribution in [0.15, 0.2) is 0 Å². The Morgan fingerprint density at radius 2 is 1.31 bits per heavy atom. The molecule has 0 aromatic carbocycles. The molecular weight excluding hydrogens is 206 g/mol. The number of unbranched alkanes of at least 4 members (excludes halogenated alkanes) is 2. The summed E-state index contributed by atoms with van der Waals surface area (Å²) >= 11 is 0. The summed E-state index contributed by atoms with van der Waals surface area (Å²) in [5.41, 5.74) is 0. The van der Waals surface area contributed by atoms with Gasteiger partial charge in [-0.2, -0.15) is 14.2 Å². The second-order valence-electron chi connectivity index (χ2n) is 2.77. The van der Waals surface area contributed by atoms with Crippen molar-refractivity contribution >= 4 is 15.0 Å². The minimum atomic E-state index is -1.10. The van der Waals surface area contributed by atoms with Crippen LogP contribution in [0, 0.1) is 0 Å². The fourth-order valence-electron chi connectivity index (χ4n) is 0.591. The Morgan fingerprint density at radius 3 is 1.38 bits per heavy atom. The SMILES string of the molecule is CCCCB(O)O.C[O-].C[O-].[B+2]CCCC. The second-order valence-corrected chi connectivity index (χ2v) is 2.77. The Kier molecular flexibility index (Phi) is 56.7. The molecule has 0 radical (unpaired) electrons. The summed E-state index contributed by atoms with van der Waals surface area (Å²) in [5, 5.41) is 33.0. The Hall–Kier alpha value is -0.0301. The van der Waals surface area contributed by atoms with Gasteiger partial charge in [0.1, 0.15) is 0 Å². The van der Waals surface area contributed by atoms with Gasteiger partial charge in [-0.1, -0.05) is 19.8 Å². The van der Waals surface area contributed by atoms with Crippen molar-refractivity contribution in [1.82, 2.24) is 0 Å². The van der Waals surface area contributed by atoms with Crippen LogP contribution in [0.3, 0.4) is 0 Å². The first-order chi connectivity index (χ1) is 7.68. The molecule has 0 saturated carbocycles. The molecule has 6 heteroatoms. The predicted molar refractivity (Wildman–Crippen MR) is 67.2 cm³/mol. The summed E-state index contributed by atoms with van der Waals surface area (Å²) in [6.07, 6.45) is 5.67. The molecule has 0 aromatic rings. The molecule has 0 heterocycles. The van der Waals surface area contributed by atoms with Gasteiger partial charge < -0.3 is 20.3 Å². The zero-order valence-electron chi connectivity index (χ0n) is 11.1. The van der Waals surface area contributed by atoms with Crippen LogP contribution < -0.4 is 10.2 Å². The van der Waals surface area contributed by atoms with Gasteiger partial charge >= 0.3 is 41.1 Å². The number of rotatable bonds is 5. The Bertz CT molecular complexity index is 73.8. The van der Waals surface area contributed by atoms with Gasteiger partial charge in [-0.25, -0.2) is 0 Å². The summed E-state index contributed by atoms with van der Waals surface area (Å²) < 4.78 is 0. The molecule has 0 spiro atoms. The van der Waals surface area contributed by atoms with Crippen molar-refractivity contribution in [1.29, 1.82) is 0 Å². The maximum atomic E-state index is 8.25. The van der Waals surface area contributed by atoms with Gasteiger partial charge in [0.2, 0.25) is 0 Å². The van der Waals surface area contributed by atoms with Crippen LogP contribution in [0.2, 0.25) is 12.6 Å². The topological polar surface area (TPSA) is 86.6 Å². The molecule has 4 nitrogen and oxygen atoms in total. The zero-order valence-corrected chi connectivity index (χ0v) is 11.1. The molecule has 96 valence electrons. The molecule has 16 heavy (non-hydrogen) atoms. The van der Waals surface area contributed by atoms with E-state index in [-0.39, 0.29) is 0 Å². The first-order valence-corrected chi connectivity index (χ1v) is 5.56. The zero-order chi connectivity index (χ0) is 13.8. The van der Waals surface area contributed by atoms with Crippen molar-refractivity contribution in [3.63, 3.8) is 0 Å². The predicted octanol–water partition coefficient (Wildman–Crippen LogP) is -0.414. The van der Waals surface area contributed by atoms with Crippen molar-refractivity contribution in [3.8, 4) is 0 Å². The molecule has 0 amide bonds. The Labute approximate surface area is 102 Å². The molecule has 0 fully saturated rings. The fraction of sp³-hybridized carbons (Fsp3) is 1.00. The molecule has 0 saturated heterocycles. The van der Waals surface area contributed by atoms with Crippen molar-refractivity contribution < 1.29 is 20.3 Å². The Balaban J connectivity index is -0.0000000704. The van der Waals surface area contributed by atoms with Crippen molar-refractivity contribution in [2.24, 2.45) is 0 Å². The summed E-state index contributed by atoms with van der Waals surface area (Å²) in [5.74, 6) is 0. The van der Waals surface area contributed by atoms with E-state index >= 15 is 0 Å². The molecule has 0 bridgehead atoms. The van der Waals surface area contributed by atoms with Crippen LogP contribution in [-0.2, 0) is 0 Å². The van der Waals surface area contributed by atoms with Crippen LogP contribution in [0.1, 0.15) is 39.5 Å². The molecule has 0 unspecified atom stereocenters. The Morgan fingerprint density at radius 1 is 0.938 bits per heavy atom. The molecule has 0 atom stereocenters. The normalized spacial score (nSPS) is 7.38. The summed E-state index contributed by atoms with van der Waals surface area (Å²) in [7, 11) is 5.54. The molecule has 0 rings (SSSR count). The van der Waals surface area contributed by atoms with E-state index in [0.717, 1.165) is 33.4 Å². The number of hydrogen-bond acceptors (Lipinski definition) is 4. The van der Waals surface area contributed by atoms with Crippen LogP contribution >= 0.6 is 0 Å². The van der Waals surface area contributed by atoms with E-state index in [4.69, 9.17) is 28.1 Å². The quantitative estimate of drug-likeness (QED) is 0.630. The molecule has 0 aliphatic heterocycles. The maximum absolute atomic E-state index is 8.25. The van der Waals surface area contributed by atoms with Crippen molar-refractivity contribution in [2.45, 2.75) is 52.2 Å². The minimum absolute atomic E-state index is 0.510. The van der Waals surface area contributed by atoms with Crippen LogP contribution in [0.4, 0.5) is 0 Å². The summed E-state index contributed by atoms with van der Waals surface area (Å²) in [6, 6.07) is 0. The van der Waals surface area contributed by atoms with E-state index in [2.05, 4.69) is 6.92 Å². The molecule has 0 aliphatic rings. The summed E-state index contributed by atoms with van der Waals surface area (Å²) in [4.78, 5) is 0. The molecular formula is C10H26B2O4. The number of hydrogen-bond donors (Lipinski definition) is 2. The molecule has 0 aliphatic carbocycles. The van der Waals surface area contributed by atoms with Crippen LogP contribution in [-0.4, -0.2) is 39.2 Å². The van der Waals surface area contributed by atoms with Crippen LogP contribution in [0.5, 0.6) is 0 Å². The monoisotopic (exact) mass is 232 g/mol. The first-order valence-electron chi connectivity index (χ1n) is 5.56.